The first-order valence-electron chi connectivity index (χ1n) is 7.73. The summed E-state index contributed by atoms with van der Waals surface area (Å²) in [7, 11) is 3.96. The van der Waals surface area contributed by atoms with Gasteiger partial charge in [-0.2, -0.15) is 0 Å². The molecule has 1 heterocycles. The van der Waals surface area contributed by atoms with Gasteiger partial charge in [0.25, 0.3) is 11.8 Å². The first kappa shape index (κ1) is 15.4. The van der Waals surface area contributed by atoms with E-state index >= 15 is 0 Å². The van der Waals surface area contributed by atoms with Crippen LogP contribution in [-0.2, 0) is 6.42 Å². The number of carbonyl (C=O) groups excluding carboxylic acids is 2. The molecule has 0 saturated heterocycles. The van der Waals surface area contributed by atoms with Gasteiger partial charge in [0, 0.05) is 12.6 Å². The standard InChI is InChI=1S/C19H20N2O2/c1-20(2)15(12-14-8-4-3-5-9-14)13-21-18(22)16-10-6-7-11-17(16)19(21)23/h3-11,15H,12-13H2,1-2H3. The zero-order valence-corrected chi connectivity index (χ0v) is 13.4. The summed E-state index contributed by atoms with van der Waals surface area (Å²) >= 11 is 0. The van der Waals surface area contributed by atoms with Crippen molar-refractivity contribution in [1.82, 2.24) is 9.80 Å². The number of imide groups is 1. The van der Waals surface area contributed by atoms with Gasteiger partial charge in [0.1, 0.15) is 0 Å². The highest BCUT2D eigenvalue weighted by Gasteiger charge is 2.36. The molecule has 1 atom stereocenters. The van der Waals surface area contributed by atoms with E-state index in [2.05, 4.69) is 17.0 Å². The second-order valence-electron chi connectivity index (χ2n) is 6.07. The van der Waals surface area contributed by atoms with Crippen LogP contribution in [0.25, 0.3) is 0 Å². The molecule has 2 aromatic carbocycles. The number of carbonyl (C=O) groups is 2. The third kappa shape index (κ3) is 3.03. The van der Waals surface area contributed by atoms with E-state index < -0.39 is 0 Å². The molecule has 0 aromatic heterocycles. The van der Waals surface area contributed by atoms with Gasteiger partial charge in [-0.1, -0.05) is 42.5 Å². The van der Waals surface area contributed by atoms with Crippen molar-refractivity contribution >= 4 is 11.8 Å². The molecule has 1 aliphatic rings. The zero-order valence-electron chi connectivity index (χ0n) is 13.4. The van der Waals surface area contributed by atoms with E-state index in [1.807, 2.05) is 32.3 Å². The van der Waals surface area contributed by atoms with Crippen molar-refractivity contribution in [2.75, 3.05) is 20.6 Å². The van der Waals surface area contributed by atoms with Crippen LogP contribution in [0.15, 0.2) is 54.6 Å². The van der Waals surface area contributed by atoms with E-state index in [9.17, 15) is 9.59 Å². The van der Waals surface area contributed by atoms with Crippen LogP contribution in [0.3, 0.4) is 0 Å². The number of amides is 2. The molecule has 2 aromatic rings. The van der Waals surface area contributed by atoms with Gasteiger partial charge in [0.05, 0.1) is 11.1 Å². The third-order valence-electron chi connectivity index (χ3n) is 4.32. The molecule has 0 fully saturated rings. The van der Waals surface area contributed by atoms with E-state index in [1.165, 1.54) is 10.5 Å². The Bertz CT molecular complexity index is 690. The summed E-state index contributed by atoms with van der Waals surface area (Å²) in [6, 6.07) is 17.2. The molecule has 0 bridgehead atoms. The SMILES string of the molecule is CN(C)C(Cc1ccccc1)CN1C(=O)c2ccccc2C1=O. The molecule has 118 valence electrons. The minimum atomic E-state index is -0.189. The average Bonchev–Trinajstić information content (AvgIpc) is 2.80. The maximum Gasteiger partial charge on any atom is 0.261 e. The quantitative estimate of drug-likeness (QED) is 0.797. The number of nitrogens with zero attached hydrogens (tertiary/aromatic N) is 2. The molecule has 0 saturated carbocycles. The fourth-order valence-electron chi connectivity index (χ4n) is 2.91. The summed E-state index contributed by atoms with van der Waals surface area (Å²) in [6.07, 6.45) is 0.793. The number of benzene rings is 2. The van der Waals surface area contributed by atoms with Crippen LogP contribution in [0, 0.1) is 0 Å². The number of fused-ring (bicyclic) bond motifs is 1. The Morgan fingerprint density at radius 2 is 1.39 bits per heavy atom. The van der Waals surface area contributed by atoms with Gasteiger partial charge in [-0.25, -0.2) is 0 Å². The summed E-state index contributed by atoms with van der Waals surface area (Å²) in [4.78, 5) is 28.4. The lowest BCUT2D eigenvalue weighted by atomic mass is 10.0. The van der Waals surface area contributed by atoms with Crippen molar-refractivity contribution < 1.29 is 9.59 Å². The van der Waals surface area contributed by atoms with Crippen LogP contribution in [0.1, 0.15) is 26.3 Å². The van der Waals surface area contributed by atoms with Crippen molar-refractivity contribution in [2.24, 2.45) is 0 Å². The van der Waals surface area contributed by atoms with Gasteiger partial charge < -0.3 is 4.90 Å². The molecule has 0 radical (unpaired) electrons. The van der Waals surface area contributed by atoms with E-state index in [1.54, 1.807) is 24.3 Å². The maximum absolute atomic E-state index is 12.5. The molecule has 3 rings (SSSR count). The second-order valence-corrected chi connectivity index (χ2v) is 6.07. The maximum atomic E-state index is 12.5. The summed E-state index contributed by atoms with van der Waals surface area (Å²) in [6.45, 7) is 0.397. The molecule has 0 spiro atoms. The van der Waals surface area contributed by atoms with Crippen molar-refractivity contribution in [3.63, 3.8) is 0 Å². The van der Waals surface area contributed by atoms with Gasteiger partial charge >= 0.3 is 0 Å². The normalized spacial score (nSPS) is 15.2. The minimum absolute atomic E-state index is 0.0830. The third-order valence-corrected chi connectivity index (χ3v) is 4.32. The summed E-state index contributed by atoms with van der Waals surface area (Å²) in [5.41, 5.74) is 2.22. The highest BCUT2D eigenvalue weighted by molar-refractivity contribution is 6.21. The molecule has 1 aliphatic heterocycles. The van der Waals surface area contributed by atoms with Crippen LogP contribution in [0.2, 0.25) is 0 Å². The Hall–Kier alpha value is -2.46. The summed E-state index contributed by atoms with van der Waals surface area (Å²) in [5.74, 6) is -0.379. The van der Waals surface area contributed by atoms with Gasteiger partial charge in [-0.15, -0.1) is 0 Å². The van der Waals surface area contributed by atoms with E-state index in [-0.39, 0.29) is 17.9 Å². The lowest BCUT2D eigenvalue weighted by Gasteiger charge is -2.28. The molecule has 4 heteroatoms. The fourth-order valence-corrected chi connectivity index (χ4v) is 2.91. The van der Waals surface area contributed by atoms with Gasteiger partial charge in [0.15, 0.2) is 0 Å². The number of rotatable bonds is 5. The Balaban J connectivity index is 1.79. The molecule has 2 amide bonds. The number of hydrogen-bond acceptors (Lipinski definition) is 3. The topological polar surface area (TPSA) is 40.6 Å². The molecule has 0 N–H and O–H groups in total. The predicted octanol–water partition coefficient (Wildman–Crippen LogP) is 2.46. The van der Waals surface area contributed by atoms with Gasteiger partial charge in [-0.05, 0) is 38.2 Å². The average molecular weight is 308 g/mol. The smallest absolute Gasteiger partial charge is 0.261 e. The molecular weight excluding hydrogens is 288 g/mol. The summed E-state index contributed by atoms with van der Waals surface area (Å²) < 4.78 is 0. The zero-order chi connectivity index (χ0) is 16.4. The highest BCUT2D eigenvalue weighted by Crippen LogP contribution is 2.23. The van der Waals surface area contributed by atoms with E-state index in [0.717, 1.165) is 6.42 Å². The van der Waals surface area contributed by atoms with Gasteiger partial charge in [-0.3, -0.25) is 14.5 Å². The largest absolute Gasteiger partial charge is 0.304 e. The number of hydrogen-bond donors (Lipinski definition) is 0. The first-order chi connectivity index (χ1) is 11.1. The Morgan fingerprint density at radius 1 is 0.870 bits per heavy atom. The molecule has 4 nitrogen and oxygen atoms in total. The fraction of sp³-hybridized carbons (Fsp3) is 0.263. The highest BCUT2D eigenvalue weighted by atomic mass is 16.2. The van der Waals surface area contributed by atoms with E-state index in [0.29, 0.717) is 17.7 Å². The van der Waals surface area contributed by atoms with Crippen molar-refractivity contribution in [1.29, 1.82) is 0 Å². The predicted molar refractivity (Wildman–Crippen MR) is 89.4 cm³/mol. The molecular formula is C19H20N2O2. The van der Waals surface area contributed by atoms with Crippen LogP contribution < -0.4 is 0 Å². The Morgan fingerprint density at radius 3 is 1.91 bits per heavy atom. The second kappa shape index (κ2) is 6.34. The molecule has 0 aliphatic carbocycles. The van der Waals surface area contributed by atoms with Crippen molar-refractivity contribution in [3.8, 4) is 0 Å². The summed E-state index contributed by atoms with van der Waals surface area (Å²) in [5, 5.41) is 0. The monoisotopic (exact) mass is 308 g/mol. The lowest BCUT2D eigenvalue weighted by molar-refractivity contribution is 0.0612. The lowest BCUT2D eigenvalue weighted by Crippen LogP contribution is -2.44. The van der Waals surface area contributed by atoms with Crippen LogP contribution in [-0.4, -0.2) is 48.3 Å². The first-order valence-corrected chi connectivity index (χ1v) is 7.73. The Kier molecular flexibility index (Phi) is 4.26. The van der Waals surface area contributed by atoms with Crippen molar-refractivity contribution in [3.05, 3.63) is 71.3 Å². The van der Waals surface area contributed by atoms with Crippen molar-refractivity contribution in [2.45, 2.75) is 12.5 Å². The number of likely N-dealkylation sites (N-methyl/N-ethyl adjacent to an activating group) is 1. The molecule has 1 unspecified atom stereocenters. The van der Waals surface area contributed by atoms with Gasteiger partial charge in [0.2, 0.25) is 0 Å². The Labute approximate surface area is 136 Å². The van der Waals surface area contributed by atoms with Crippen LogP contribution in [0.5, 0.6) is 0 Å². The van der Waals surface area contributed by atoms with E-state index in [4.69, 9.17) is 0 Å². The van der Waals surface area contributed by atoms with Crippen LogP contribution >= 0.6 is 0 Å². The molecule has 23 heavy (non-hydrogen) atoms. The van der Waals surface area contributed by atoms with Crippen LogP contribution in [0.4, 0.5) is 0 Å². The minimum Gasteiger partial charge on any atom is -0.304 e.